The van der Waals surface area contributed by atoms with Crippen molar-refractivity contribution in [1.29, 1.82) is 0 Å². The van der Waals surface area contributed by atoms with Crippen molar-refractivity contribution >= 4 is 11.9 Å². The molecule has 21 heavy (non-hydrogen) atoms. The Hall–Kier alpha value is -2.36. The quantitative estimate of drug-likeness (QED) is 0.796. The molecule has 0 saturated carbocycles. The van der Waals surface area contributed by atoms with E-state index in [1.165, 1.54) is 11.0 Å². The van der Waals surface area contributed by atoms with Crippen LogP contribution in [0.3, 0.4) is 0 Å². The second-order valence-electron chi connectivity index (χ2n) is 4.79. The predicted molar refractivity (Wildman–Crippen MR) is 80.5 cm³/mol. The number of rotatable bonds is 4. The summed E-state index contributed by atoms with van der Waals surface area (Å²) in [5.74, 6) is -0.158. The van der Waals surface area contributed by atoms with Crippen molar-refractivity contribution in [1.82, 2.24) is 4.90 Å². The topological polar surface area (TPSA) is 46.6 Å². The van der Waals surface area contributed by atoms with Crippen LogP contribution in [0.2, 0.25) is 0 Å². The molecule has 2 rings (SSSR count). The number of hydrogen-bond acceptors (Lipinski definition) is 3. The molecule has 0 aliphatic carbocycles. The van der Waals surface area contributed by atoms with E-state index in [-0.39, 0.29) is 12.4 Å². The summed E-state index contributed by atoms with van der Waals surface area (Å²) in [6.45, 7) is 2.50. The largest absolute Gasteiger partial charge is 0.444 e. The molecule has 0 unspecified atom stereocenters. The Morgan fingerprint density at radius 1 is 1.29 bits per heavy atom. The standard InChI is InChI=1S/C17H19NO3/c1-2-8-16(19)15-11-6-7-12-18(15)17(20)21-13-14-9-4-3-5-10-14/h2-5,8-11H,6-7,12-13H2,1H3/b8-2+. The van der Waals surface area contributed by atoms with Gasteiger partial charge in [0.05, 0.1) is 5.70 Å². The Morgan fingerprint density at radius 3 is 2.76 bits per heavy atom. The summed E-state index contributed by atoms with van der Waals surface area (Å²) >= 11 is 0. The first kappa shape index (κ1) is 15.0. The first-order valence-electron chi connectivity index (χ1n) is 7.08. The zero-order chi connectivity index (χ0) is 15.1. The number of amides is 1. The molecule has 1 heterocycles. The Morgan fingerprint density at radius 2 is 2.05 bits per heavy atom. The number of allylic oxidation sites excluding steroid dienone is 3. The van der Waals surface area contributed by atoms with Gasteiger partial charge in [0.1, 0.15) is 6.61 Å². The highest BCUT2D eigenvalue weighted by molar-refractivity contribution is 6.05. The summed E-state index contributed by atoms with van der Waals surface area (Å²) in [5.41, 5.74) is 1.34. The maximum Gasteiger partial charge on any atom is 0.414 e. The molecule has 1 aliphatic heterocycles. The van der Waals surface area contributed by atoms with Gasteiger partial charge >= 0.3 is 6.09 Å². The van der Waals surface area contributed by atoms with Crippen molar-refractivity contribution in [2.45, 2.75) is 26.4 Å². The van der Waals surface area contributed by atoms with Crippen LogP contribution in [0.5, 0.6) is 0 Å². The van der Waals surface area contributed by atoms with Crippen LogP contribution >= 0.6 is 0 Å². The van der Waals surface area contributed by atoms with Crippen LogP contribution < -0.4 is 0 Å². The fourth-order valence-corrected chi connectivity index (χ4v) is 2.18. The summed E-state index contributed by atoms with van der Waals surface area (Å²) < 4.78 is 5.30. The molecule has 0 fully saturated rings. The van der Waals surface area contributed by atoms with E-state index in [2.05, 4.69) is 0 Å². The van der Waals surface area contributed by atoms with E-state index in [1.54, 1.807) is 19.1 Å². The van der Waals surface area contributed by atoms with E-state index in [9.17, 15) is 9.59 Å². The second-order valence-corrected chi connectivity index (χ2v) is 4.79. The molecule has 1 aromatic carbocycles. The van der Waals surface area contributed by atoms with E-state index >= 15 is 0 Å². The summed E-state index contributed by atoms with van der Waals surface area (Å²) in [6, 6.07) is 9.49. The minimum atomic E-state index is -0.470. The van der Waals surface area contributed by atoms with Crippen molar-refractivity contribution in [2.75, 3.05) is 6.54 Å². The van der Waals surface area contributed by atoms with Crippen LogP contribution in [-0.4, -0.2) is 23.3 Å². The van der Waals surface area contributed by atoms with E-state index in [0.29, 0.717) is 12.2 Å². The highest BCUT2D eigenvalue weighted by Gasteiger charge is 2.25. The summed E-state index contributed by atoms with van der Waals surface area (Å²) in [5, 5.41) is 0. The van der Waals surface area contributed by atoms with Crippen molar-refractivity contribution < 1.29 is 14.3 Å². The van der Waals surface area contributed by atoms with Crippen LogP contribution in [0.15, 0.2) is 54.3 Å². The van der Waals surface area contributed by atoms with Crippen molar-refractivity contribution in [3.05, 3.63) is 59.8 Å². The normalized spacial score (nSPS) is 14.9. The third-order valence-electron chi connectivity index (χ3n) is 3.21. The van der Waals surface area contributed by atoms with Gasteiger partial charge in [0.2, 0.25) is 5.78 Å². The number of carbonyl (C=O) groups is 2. The molecule has 110 valence electrons. The minimum Gasteiger partial charge on any atom is -0.444 e. The maximum absolute atomic E-state index is 12.2. The average molecular weight is 285 g/mol. The molecule has 1 aliphatic rings. The average Bonchev–Trinajstić information content (AvgIpc) is 2.54. The lowest BCUT2D eigenvalue weighted by Gasteiger charge is -2.26. The molecule has 0 saturated heterocycles. The maximum atomic E-state index is 12.2. The molecule has 0 spiro atoms. The van der Waals surface area contributed by atoms with Crippen molar-refractivity contribution in [3.63, 3.8) is 0 Å². The van der Waals surface area contributed by atoms with Crippen LogP contribution in [-0.2, 0) is 16.1 Å². The van der Waals surface area contributed by atoms with Gasteiger partial charge in [0.15, 0.2) is 0 Å². The Balaban J connectivity index is 2.01. The molecular weight excluding hydrogens is 266 g/mol. The fraction of sp³-hybridized carbons (Fsp3) is 0.294. The lowest BCUT2D eigenvalue weighted by molar-refractivity contribution is -0.112. The van der Waals surface area contributed by atoms with Gasteiger partial charge in [-0.2, -0.15) is 0 Å². The van der Waals surface area contributed by atoms with Crippen LogP contribution in [0.1, 0.15) is 25.3 Å². The van der Waals surface area contributed by atoms with Crippen LogP contribution in [0, 0.1) is 0 Å². The van der Waals surface area contributed by atoms with Gasteiger partial charge in [-0.25, -0.2) is 4.79 Å². The van der Waals surface area contributed by atoms with Gasteiger partial charge in [-0.05, 0) is 31.4 Å². The van der Waals surface area contributed by atoms with E-state index in [0.717, 1.165) is 18.4 Å². The number of benzene rings is 1. The third kappa shape index (κ3) is 4.05. The molecule has 0 radical (unpaired) electrons. The molecule has 0 N–H and O–H groups in total. The van der Waals surface area contributed by atoms with Crippen molar-refractivity contribution in [3.8, 4) is 0 Å². The zero-order valence-electron chi connectivity index (χ0n) is 12.1. The molecule has 0 bridgehead atoms. The van der Waals surface area contributed by atoms with Gasteiger partial charge in [-0.3, -0.25) is 9.69 Å². The van der Waals surface area contributed by atoms with Crippen LogP contribution in [0.4, 0.5) is 4.79 Å². The van der Waals surface area contributed by atoms with Crippen molar-refractivity contribution in [2.24, 2.45) is 0 Å². The molecule has 4 nitrogen and oxygen atoms in total. The van der Waals surface area contributed by atoms with E-state index < -0.39 is 6.09 Å². The monoisotopic (exact) mass is 285 g/mol. The Kier molecular flexibility index (Phi) is 5.32. The SMILES string of the molecule is C/C=C/C(=O)C1=CCCCN1C(=O)OCc1ccccc1. The molecule has 1 aromatic rings. The predicted octanol–water partition coefficient (Wildman–Crippen LogP) is 3.45. The summed E-state index contributed by atoms with van der Waals surface area (Å²) in [4.78, 5) is 25.6. The minimum absolute atomic E-state index is 0.158. The highest BCUT2D eigenvalue weighted by Crippen LogP contribution is 2.18. The van der Waals surface area contributed by atoms with Gasteiger partial charge < -0.3 is 4.74 Å². The molecule has 0 aromatic heterocycles. The second kappa shape index (κ2) is 7.43. The number of hydrogen-bond donors (Lipinski definition) is 0. The fourth-order valence-electron chi connectivity index (χ4n) is 2.18. The first-order valence-corrected chi connectivity index (χ1v) is 7.08. The first-order chi connectivity index (χ1) is 10.2. The number of nitrogens with zero attached hydrogens (tertiary/aromatic N) is 1. The van der Waals surface area contributed by atoms with E-state index in [4.69, 9.17) is 4.74 Å². The lowest BCUT2D eigenvalue weighted by atomic mass is 10.1. The summed E-state index contributed by atoms with van der Waals surface area (Å²) in [7, 11) is 0. The summed E-state index contributed by atoms with van der Waals surface area (Å²) in [6.07, 6.45) is 6.12. The molecular formula is C17H19NO3. The molecule has 1 amide bonds. The molecule has 0 atom stereocenters. The van der Waals surface area contributed by atoms with Crippen LogP contribution in [0.25, 0.3) is 0 Å². The van der Waals surface area contributed by atoms with Gasteiger partial charge in [0, 0.05) is 6.54 Å². The van der Waals surface area contributed by atoms with Gasteiger partial charge in [-0.15, -0.1) is 0 Å². The smallest absolute Gasteiger partial charge is 0.414 e. The number of ketones is 1. The lowest BCUT2D eigenvalue weighted by Crippen LogP contribution is -2.36. The van der Waals surface area contributed by atoms with Gasteiger partial charge in [0.25, 0.3) is 0 Å². The zero-order valence-corrected chi connectivity index (χ0v) is 12.1. The highest BCUT2D eigenvalue weighted by atomic mass is 16.6. The van der Waals surface area contributed by atoms with Gasteiger partial charge in [-0.1, -0.05) is 42.5 Å². The number of ether oxygens (including phenoxy) is 1. The third-order valence-corrected chi connectivity index (χ3v) is 3.21. The Labute approximate surface area is 124 Å². The number of carbonyl (C=O) groups excluding carboxylic acids is 2. The van der Waals surface area contributed by atoms with E-state index in [1.807, 2.05) is 30.3 Å². The molecule has 4 heteroatoms. The Bertz CT molecular complexity index is 561.